The first-order valence-electron chi connectivity index (χ1n) is 6.04. The lowest BCUT2D eigenvalue weighted by Crippen LogP contribution is -1.92. The first-order valence-corrected chi connectivity index (χ1v) is 6.04. The Morgan fingerprint density at radius 3 is 2.44 bits per heavy atom. The van der Waals surface area contributed by atoms with Crippen molar-refractivity contribution in [3.8, 4) is 11.1 Å². The molecule has 2 nitrogen and oxygen atoms in total. The molecule has 0 unspecified atom stereocenters. The van der Waals surface area contributed by atoms with Gasteiger partial charge in [0.2, 0.25) is 0 Å². The maximum absolute atomic E-state index is 4.29. The molecule has 1 heterocycles. The summed E-state index contributed by atoms with van der Waals surface area (Å²) in [7, 11) is 0. The molecule has 1 aromatic heterocycles. The van der Waals surface area contributed by atoms with Crippen LogP contribution in [0, 0.1) is 0 Å². The van der Waals surface area contributed by atoms with Crippen molar-refractivity contribution in [2.24, 2.45) is 0 Å². The molecule has 0 radical (unpaired) electrons. The molecule has 18 heavy (non-hydrogen) atoms. The van der Waals surface area contributed by atoms with Crippen LogP contribution in [0.2, 0.25) is 0 Å². The van der Waals surface area contributed by atoms with E-state index >= 15 is 0 Å². The van der Waals surface area contributed by atoms with Crippen molar-refractivity contribution >= 4 is 0 Å². The highest BCUT2D eigenvalue weighted by atomic mass is 14.9. The lowest BCUT2D eigenvalue weighted by molar-refractivity contribution is 1.11. The van der Waals surface area contributed by atoms with Gasteiger partial charge in [0.25, 0.3) is 0 Å². The zero-order valence-corrected chi connectivity index (χ0v) is 10.0. The summed E-state index contributed by atoms with van der Waals surface area (Å²) in [5, 5.41) is 0. The quantitative estimate of drug-likeness (QED) is 0.736. The maximum Gasteiger partial charge on any atom is 0.0923 e. The van der Waals surface area contributed by atoms with Gasteiger partial charge in [-0.15, -0.1) is 0 Å². The smallest absolute Gasteiger partial charge is 0.0923 e. The number of hydrogen-bond donors (Lipinski definition) is 1. The predicted molar refractivity (Wildman–Crippen MR) is 73.3 cm³/mol. The van der Waals surface area contributed by atoms with Crippen LogP contribution in [0.1, 0.15) is 11.3 Å². The van der Waals surface area contributed by atoms with Crippen molar-refractivity contribution in [2.45, 2.75) is 6.42 Å². The topological polar surface area (TPSA) is 28.7 Å². The lowest BCUT2D eigenvalue weighted by atomic mass is 9.97. The van der Waals surface area contributed by atoms with E-state index in [-0.39, 0.29) is 0 Å². The molecule has 2 aromatic carbocycles. The molecular formula is C16H14N2. The summed E-state index contributed by atoms with van der Waals surface area (Å²) in [5.41, 5.74) is 4.90. The van der Waals surface area contributed by atoms with E-state index in [4.69, 9.17) is 0 Å². The molecule has 0 saturated heterocycles. The number of rotatable bonds is 3. The summed E-state index contributed by atoms with van der Waals surface area (Å²) in [6, 6.07) is 19.0. The third-order valence-corrected chi connectivity index (χ3v) is 3.03. The van der Waals surface area contributed by atoms with Crippen molar-refractivity contribution in [2.75, 3.05) is 0 Å². The SMILES string of the molecule is c1ccc(-c2ccccc2Cc2c[nH]cn2)cc1. The van der Waals surface area contributed by atoms with Crippen LogP contribution in [-0.4, -0.2) is 9.97 Å². The van der Waals surface area contributed by atoms with Gasteiger partial charge in [0.15, 0.2) is 0 Å². The van der Waals surface area contributed by atoms with Crippen LogP contribution in [0.5, 0.6) is 0 Å². The van der Waals surface area contributed by atoms with E-state index in [0.29, 0.717) is 0 Å². The number of nitrogens with one attached hydrogen (secondary N) is 1. The minimum absolute atomic E-state index is 0.856. The molecule has 0 spiro atoms. The number of nitrogens with zero attached hydrogens (tertiary/aromatic N) is 1. The Morgan fingerprint density at radius 1 is 0.889 bits per heavy atom. The molecule has 0 fully saturated rings. The number of imidazole rings is 1. The largest absolute Gasteiger partial charge is 0.351 e. The standard InChI is InChI=1S/C16H14N2/c1-2-6-13(7-3-1)16-9-5-4-8-14(16)10-15-11-17-12-18-15/h1-9,11-12H,10H2,(H,17,18). The van der Waals surface area contributed by atoms with Gasteiger partial charge in [-0.05, 0) is 16.7 Å². The number of H-pyrrole nitrogens is 1. The molecule has 3 aromatic rings. The van der Waals surface area contributed by atoms with E-state index in [9.17, 15) is 0 Å². The summed E-state index contributed by atoms with van der Waals surface area (Å²) in [6.07, 6.45) is 4.52. The van der Waals surface area contributed by atoms with Crippen LogP contribution in [0.3, 0.4) is 0 Å². The molecular weight excluding hydrogens is 220 g/mol. The number of aromatic amines is 1. The van der Waals surface area contributed by atoms with Gasteiger partial charge in [-0.3, -0.25) is 0 Å². The highest BCUT2D eigenvalue weighted by Crippen LogP contribution is 2.24. The number of benzene rings is 2. The predicted octanol–water partition coefficient (Wildman–Crippen LogP) is 3.67. The van der Waals surface area contributed by atoms with Crippen molar-refractivity contribution in [1.29, 1.82) is 0 Å². The van der Waals surface area contributed by atoms with Gasteiger partial charge in [0, 0.05) is 12.6 Å². The van der Waals surface area contributed by atoms with Crippen LogP contribution in [0.15, 0.2) is 67.1 Å². The van der Waals surface area contributed by atoms with E-state index < -0.39 is 0 Å². The molecule has 0 atom stereocenters. The van der Waals surface area contributed by atoms with Gasteiger partial charge in [0.05, 0.1) is 12.0 Å². The summed E-state index contributed by atoms with van der Waals surface area (Å²) in [6.45, 7) is 0. The minimum atomic E-state index is 0.856. The molecule has 1 N–H and O–H groups in total. The molecule has 0 aliphatic heterocycles. The lowest BCUT2D eigenvalue weighted by Gasteiger charge is -2.08. The first kappa shape index (κ1) is 10.8. The molecule has 0 bridgehead atoms. The van der Waals surface area contributed by atoms with Gasteiger partial charge in [-0.2, -0.15) is 0 Å². The van der Waals surface area contributed by atoms with Gasteiger partial charge in [-0.1, -0.05) is 54.6 Å². The van der Waals surface area contributed by atoms with Crippen LogP contribution >= 0.6 is 0 Å². The molecule has 0 amide bonds. The van der Waals surface area contributed by atoms with E-state index in [0.717, 1.165) is 12.1 Å². The second kappa shape index (κ2) is 4.88. The Labute approximate surface area is 106 Å². The Hall–Kier alpha value is -2.35. The fourth-order valence-electron chi connectivity index (χ4n) is 2.16. The van der Waals surface area contributed by atoms with Crippen LogP contribution in [-0.2, 0) is 6.42 Å². The molecule has 2 heteroatoms. The fraction of sp³-hybridized carbons (Fsp3) is 0.0625. The summed E-state index contributed by atoms with van der Waals surface area (Å²) in [5.74, 6) is 0. The monoisotopic (exact) mass is 234 g/mol. The Kier molecular flexibility index (Phi) is 2.92. The van der Waals surface area contributed by atoms with Crippen molar-refractivity contribution in [1.82, 2.24) is 9.97 Å². The maximum atomic E-state index is 4.29. The number of aromatic nitrogens is 2. The Balaban J connectivity index is 2.00. The van der Waals surface area contributed by atoms with Crippen molar-refractivity contribution in [3.63, 3.8) is 0 Å². The number of hydrogen-bond acceptors (Lipinski definition) is 1. The first-order chi connectivity index (χ1) is 8.93. The van der Waals surface area contributed by atoms with Crippen LogP contribution in [0.25, 0.3) is 11.1 Å². The highest BCUT2D eigenvalue weighted by Gasteiger charge is 2.05. The molecule has 0 aliphatic rings. The average molecular weight is 234 g/mol. The third-order valence-electron chi connectivity index (χ3n) is 3.03. The second-order valence-corrected chi connectivity index (χ2v) is 4.26. The van der Waals surface area contributed by atoms with E-state index in [1.54, 1.807) is 6.33 Å². The fourth-order valence-corrected chi connectivity index (χ4v) is 2.16. The van der Waals surface area contributed by atoms with Crippen LogP contribution in [0.4, 0.5) is 0 Å². The summed E-state index contributed by atoms with van der Waals surface area (Å²) < 4.78 is 0. The highest BCUT2D eigenvalue weighted by molar-refractivity contribution is 5.67. The zero-order valence-electron chi connectivity index (χ0n) is 10.0. The van der Waals surface area contributed by atoms with Crippen molar-refractivity contribution in [3.05, 3.63) is 78.4 Å². The van der Waals surface area contributed by atoms with Gasteiger partial charge in [-0.25, -0.2) is 4.98 Å². The Bertz CT molecular complexity index is 613. The average Bonchev–Trinajstić information content (AvgIpc) is 2.93. The molecule has 0 aliphatic carbocycles. The zero-order chi connectivity index (χ0) is 12.2. The van der Waals surface area contributed by atoms with Crippen LogP contribution < -0.4 is 0 Å². The molecule has 0 saturated carbocycles. The summed E-state index contributed by atoms with van der Waals surface area (Å²) in [4.78, 5) is 7.29. The van der Waals surface area contributed by atoms with E-state index in [1.165, 1.54) is 16.7 Å². The van der Waals surface area contributed by atoms with Gasteiger partial charge >= 0.3 is 0 Å². The molecule has 3 rings (SSSR count). The van der Waals surface area contributed by atoms with Gasteiger partial charge in [0.1, 0.15) is 0 Å². The van der Waals surface area contributed by atoms with Gasteiger partial charge < -0.3 is 4.98 Å². The Morgan fingerprint density at radius 2 is 1.67 bits per heavy atom. The van der Waals surface area contributed by atoms with E-state index in [2.05, 4.69) is 58.5 Å². The third kappa shape index (κ3) is 2.18. The molecule has 88 valence electrons. The van der Waals surface area contributed by atoms with E-state index in [1.807, 2.05) is 12.3 Å². The van der Waals surface area contributed by atoms with Crippen molar-refractivity contribution < 1.29 is 0 Å². The normalized spacial score (nSPS) is 10.4. The summed E-state index contributed by atoms with van der Waals surface area (Å²) >= 11 is 0. The second-order valence-electron chi connectivity index (χ2n) is 4.26. The minimum Gasteiger partial charge on any atom is -0.351 e.